The molecule has 12 heteroatoms. The third-order valence-corrected chi connectivity index (χ3v) is 8.02. The lowest BCUT2D eigenvalue weighted by Gasteiger charge is -2.25. The van der Waals surface area contributed by atoms with E-state index in [0.717, 1.165) is 26.2 Å². The molecule has 0 rings (SSSR count). The number of hydrogen-bond donors (Lipinski definition) is 5. The van der Waals surface area contributed by atoms with E-state index >= 15 is 0 Å². The molecule has 0 spiro atoms. The van der Waals surface area contributed by atoms with E-state index in [-0.39, 0.29) is 6.61 Å². The van der Waals surface area contributed by atoms with E-state index in [1.165, 1.54) is 43.9 Å². The van der Waals surface area contributed by atoms with Crippen molar-refractivity contribution in [1.82, 2.24) is 12.3 Å². The number of aliphatic hydroxyl groups excluding tert-OH is 1. The second-order valence-electron chi connectivity index (χ2n) is 3.00. The van der Waals surface area contributed by atoms with Crippen LogP contribution in [0.25, 0.3) is 0 Å². The van der Waals surface area contributed by atoms with Crippen LogP contribution < -0.4 is 0 Å². The van der Waals surface area contributed by atoms with Crippen molar-refractivity contribution in [2.45, 2.75) is 0 Å². The molecule has 0 atom stereocenters. The lowest BCUT2D eigenvalue weighted by molar-refractivity contribution is 0.194. The highest BCUT2D eigenvalue weighted by Gasteiger charge is 2.10. The minimum absolute atomic E-state index is 0.157. The molecule has 0 aliphatic rings. The Morgan fingerprint density at radius 3 is 1.33 bits per heavy atom. The Labute approximate surface area is 146 Å². The van der Waals surface area contributed by atoms with E-state index in [1.807, 2.05) is 7.42 Å². The van der Waals surface area contributed by atoms with Crippen LogP contribution in [0.2, 0.25) is 0 Å². The van der Waals surface area contributed by atoms with Crippen molar-refractivity contribution in [2.75, 3.05) is 39.3 Å². The maximum Gasteiger partial charge on any atom is 0.0558 e. The van der Waals surface area contributed by atoms with Crippen LogP contribution in [0.15, 0.2) is 0 Å². The summed E-state index contributed by atoms with van der Waals surface area (Å²) in [5.74, 6) is 0. The summed E-state index contributed by atoms with van der Waals surface area (Å²) < 4.78 is 3.91. The van der Waals surface area contributed by atoms with Gasteiger partial charge in [0.25, 0.3) is 0 Å². The summed E-state index contributed by atoms with van der Waals surface area (Å²) in [5.41, 5.74) is 0. The van der Waals surface area contributed by atoms with Gasteiger partial charge >= 0.3 is 0 Å². The number of nitrogens with zero attached hydrogens (tertiary/aromatic N) is 3. The van der Waals surface area contributed by atoms with E-state index in [9.17, 15) is 0 Å². The molecular formula is C6H17N3OS8. The second kappa shape index (κ2) is 14.6. The highest BCUT2D eigenvalue weighted by Crippen LogP contribution is 2.27. The molecule has 0 amide bonds. The third-order valence-electron chi connectivity index (χ3n) is 1.98. The zero-order chi connectivity index (χ0) is 13.8. The minimum Gasteiger partial charge on any atom is -0.395 e. The summed E-state index contributed by atoms with van der Waals surface area (Å²) in [6.45, 7) is 4.16. The summed E-state index contributed by atoms with van der Waals surface area (Å²) in [6.07, 6.45) is 0. The lowest BCUT2D eigenvalue weighted by atomic mass is 10.4. The average molecular weight is 404 g/mol. The van der Waals surface area contributed by atoms with Gasteiger partial charge in [-0.15, -0.1) is 0 Å². The van der Waals surface area contributed by atoms with Gasteiger partial charge in [0.05, 0.1) is 6.61 Å². The van der Waals surface area contributed by atoms with Crippen LogP contribution >= 0.6 is 90.6 Å². The summed E-state index contributed by atoms with van der Waals surface area (Å²) in [5, 5.41) is 9.05. The molecule has 0 saturated heterocycles. The fourth-order valence-electron chi connectivity index (χ4n) is 1.12. The normalized spacial score (nSPS) is 12.0. The van der Waals surface area contributed by atoms with E-state index in [1.54, 1.807) is 0 Å². The molecule has 1 N–H and O–H groups in total. The third kappa shape index (κ3) is 10.4. The molecule has 4 nitrogen and oxygen atoms in total. The first-order valence-corrected chi connectivity index (χ1v) is 12.2. The van der Waals surface area contributed by atoms with Crippen LogP contribution in [0.1, 0.15) is 0 Å². The van der Waals surface area contributed by atoms with Crippen molar-refractivity contribution < 1.29 is 5.11 Å². The Balaban J connectivity index is 3.97. The van der Waals surface area contributed by atoms with Crippen LogP contribution in [-0.2, 0) is 0 Å². The predicted molar refractivity (Wildman–Crippen MR) is 103 cm³/mol. The van der Waals surface area contributed by atoms with Gasteiger partial charge in [-0.1, -0.05) is 46.6 Å². The van der Waals surface area contributed by atoms with Crippen LogP contribution in [-0.4, -0.2) is 56.8 Å². The Morgan fingerprint density at radius 2 is 1.06 bits per heavy atom. The van der Waals surface area contributed by atoms with Crippen molar-refractivity contribution in [3.63, 3.8) is 0 Å². The number of aliphatic hydroxyl groups is 1. The maximum atomic E-state index is 9.05. The first kappa shape index (κ1) is 20.6. The molecule has 0 heterocycles. The molecule has 0 aliphatic heterocycles. The fourth-order valence-corrected chi connectivity index (χ4v) is 5.13. The molecule has 110 valence electrons. The quantitative estimate of drug-likeness (QED) is 0.193. The molecule has 0 unspecified atom stereocenters. The Bertz CT molecular complexity index is 168. The highest BCUT2D eigenvalue weighted by molar-refractivity contribution is 8.76. The van der Waals surface area contributed by atoms with E-state index in [0.29, 0.717) is 6.54 Å². The maximum absolute atomic E-state index is 9.05. The molecule has 0 aromatic carbocycles. The molecule has 0 saturated carbocycles. The molecule has 18 heavy (non-hydrogen) atoms. The van der Waals surface area contributed by atoms with Crippen LogP contribution in [0.4, 0.5) is 0 Å². The number of rotatable bonds is 12. The predicted octanol–water partition coefficient (Wildman–Crippen LogP) is 2.86. The van der Waals surface area contributed by atoms with E-state index in [4.69, 9.17) is 5.11 Å². The zero-order valence-corrected chi connectivity index (χ0v) is 16.3. The Hall–Kier alpha value is 2.64. The summed E-state index contributed by atoms with van der Waals surface area (Å²) >= 11 is 16.5. The Morgan fingerprint density at radius 1 is 0.667 bits per heavy atom. The highest BCUT2D eigenvalue weighted by atomic mass is 33.1. The average Bonchev–Trinajstić information content (AvgIpc) is 2.40. The van der Waals surface area contributed by atoms with Crippen molar-refractivity contribution in [2.24, 2.45) is 0 Å². The molecule has 0 bridgehead atoms. The van der Waals surface area contributed by atoms with Gasteiger partial charge in [-0.2, -0.15) is 7.42 Å². The van der Waals surface area contributed by atoms with Gasteiger partial charge in [0.1, 0.15) is 0 Å². The molecule has 0 aromatic rings. The lowest BCUT2D eigenvalue weighted by Crippen LogP contribution is -2.36. The molecular weight excluding hydrogens is 387 g/mol. The smallest absolute Gasteiger partial charge is 0.0558 e. The van der Waals surface area contributed by atoms with Gasteiger partial charge in [-0.05, 0) is 43.9 Å². The Kier molecular flexibility index (Phi) is 16.7. The molecule has 0 fully saturated rings. The first-order valence-electron chi connectivity index (χ1n) is 4.86. The van der Waals surface area contributed by atoms with Gasteiger partial charge in [0, 0.05) is 32.7 Å². The number of hydrogen-bond acceptors (Lipinski definition) is 12. The standard InChI is InChI=1S/C6H17N3OS8/c10-6-5-7(1-3-8(15-11)16-12)2-4-9(17-13)18-14/h10-14H,1-6H2. The zero-order valence-electron chi connectivity index (χ0n) is 9.45. The van der Waals surface area contributed by atoms with Gasteiger partial charge in [0.15, 0.2) is 0 Å². The first-order chi connectivity index (χ1) is 8.71. The minimum atomic E-state index is 0.157. The summed E-state index contributed by atoms with van der Waals surface area (Å²) in [6, 6.07) is 0. The van der Waals surface area contributed by atoms with Gasteiger partial charge < -0.3 is 5.11 Å². The van der Waals surface area contributed by atoms with Gasteiger partial charge in [0.2, 0.25) is 0 Å². The van der Waals surface area contributed by atoms with Crippen LogP contribution in [0.5, 0.6) is 0 Å². The van der Waals surface area contributed by atoms with Gasteiger partial charge in [-0.25, -0.2) is 0 Å². The van der Waals surface area contributed by atoms with Gasteiger partial charge in [-0.3, -0.25) is 4.90 Å². The SMILES string of the molecule is OCCN(CCN(SS)SS)CCN(SS)SS. The molecule has 0 aliphatic carbocycles. The second-order valence-corrected chi connectivity index (χ2v) is 7.84. The summed E-state index contributed by atoms with van der Waals surface area (Å²) in [4.78, 5) is 2.18. The molecule has 0 aromatic heterocycles. The van der Waals surface area contributed by atoms with Crippen LogP contribution in [0.3, 0.4) is 0 Å². The van der Waals surface area contributed by atoms with Crippen molar-refractivity contribution in [1.29, 1.82) is 0 Å². The van der Waals surface area contributed by atoms with Crippen molar-refractivity contribution in [3.05, 3.63) is 0 Å². The monoisotopic (exact) mass is 403 g/mol. The fraction of sp³-hybridized carbons (Fsp3) is 1.00. The van der Waals surface area contributed by atoms with E-state index in [2.05, 4.69) is 51.5 Å². The van der Waals surface area contributed by atoms with Crippen molar-refractivity contribution in [3.8, 4) is 0 Å². The van der Waals surface area contributed by atoms with E-state index < -0.39 is 0 Å². The van der Waals surface area contributed by atoms with Crippen LogP contribution in [0, 0.1) is 0 Å². The molecule has 0 radical (unpaired) electrons. The topological polar surface area (TPSA) is 30.0 Å². The summed E-state index contributed by atoms with van der Waals surface area (Å²) in [7, 11) is 5.38. The largest absolute Gasteiger partial charge is 0.395 e. The number of thiol groups is 4. The van der Waals surface area contributed by atoms with Crippen molar-refractivity contribution >= 4 is 90.6 Å².